The quantitative estimate of drug-likeness (QED) is 0.750. The summed E-state index contributed by atoms with van der Waals surface area (Å²) in [6.45, 7) is 3.63. The lowest BCUT2D eigenvalue weighted by Gasteiger charge is -2.21. The van der Waals surface area contributed by atoms with Crippen LogP contribution < -0.4 is 10.1 Å². The van der Waals surface area contributed by atoms with Gasteiger partial charge in [-0.25, -0.2) is 8.42 Å². The molecule has 0 saturated heterocycles. The van der Waals surface area contributed by atoms with Crippen LogP contribution in [0.15, 0.2) is 53.4 Å². The molecule has 0 bridgehead atoms. The highest BCUT2D eigenvalue weighted by Gasteiger charge is 2.22. The zero-order valence-electron chi connectivity index (χ0n) is 16.1. The maximum Gasteiger partial charge on any atom is 0.243 e. The number of rotatable bonds is 8. The number of amides is 1. The van der Waals surface area contributed by atoms with Crippen molar-refractivity contribution in [2.75, 3.05) is 19.5 Å². The predicted octanol–water partition coefficient (Wildman–Crippen LogP) is 3.30. The molecule has 0 atom stereocenters. The SMILES string of the molecule is COc1ccc(CCC(=O)Nc2ccc(S(=O)(=O)N(C)C(C)C)cc2)cc1. The van der Waals surface area contributed by atoms with Gasteiger partial charge in [0.05, 0.1) is 12.0 Å². The first-order chi connectivity index (χ1) is 12.7. The minimum atomic E-state index is -3.53. The highest BCUT2D eigenvalue weighted by atomic mass is 32.2. The van der Waals surface area contributed by atoms with Gasteiger partial charge >= 0.3 is 0 Å². The van der Waals surface area contributed by atoms with Crippen LogP contribution in [0.5, 0.6) is 5.75 Å². The summed E-state index contributed by atoms with van der Waals surface area (Å²) in [5, 5.41) is 2.79. The maximum atomic E-state index is 12.4. The molecule has 0 heterocycles. The Balaban J connectivity index is 1.94. The van der Waals surface area contributed by atoms with E-state index in [9.17, 15) is 13.2 Å². The minimum Gasteiger partial charge on any atom is -0.497 e. The zero-order chi connectivity index (χ0) is 20.0. The van der Waals surface area contributed by atoms with E-state index < -0.39 is 10.0 Å². The molecule has 0 radical (unpaired) electrons. The van der Waals surface area contributed by atoms with Gasteiger partial charge in [-0.15, -0.1) is 0 Å². The highest BCUT2D eigenvalue weighted by molar-refractivity contribution is 7.89. The van der Waals surface area contributed by atoms with Gasteiger partial charge in [0, 0.05) is 25.2 Å². The lowest BCUT2D eigenvalue weighted by Crippen LogP contribution is -2.33. The van der Waals surface area contributed by atoms with E-state index >= 15 is 0 Å². The average molecular weight is 391 g/mol. The van der Waals surface area contributed by atoms with Crippen molar-refractivity contribution < 1.29 is 17.9 Å². The van der Waals surface area contributed by atoms with Crippen LogP contribution in [0.2, 0.25) is 0 Å². The predicted molar refractivity (Wildman–Crippen MR) is 106 cm³/mol. The van der Waals surface area contributed by atoms with Crippen molar-refractivity contribution in [1.82, 2.24) is 4.31 Å². The third kappa shape index (κ3) is 5.55. The van der Waals surface area contributed by atoms with Gasteiger partial charge in [-0.2, -0.15) is 4.31 Å². The van der Waals surface area contributed by atoms with Gasteiger partial charge in [0.15, 0.2) is 0 Å². The molecule has 7 heteroatoms. The summed E-state index contributed by atoms with van der Waals surface area (Å²) in [5.41, 5.74) is 1.62. The van der Waals surface area contributed by atoms with Gasteiger partial charge in [-0.3, -0.25) is 4.79 Å². The van der Waals surface area contributed by atoms with Crippen LogP contribution in [0.25, 0.3) is 0 Å². The Kier molecular flexibility index (Phi) is 6.98. The summed E-state index contributed by atoms with van der Waals surface area (Å²) >= 11 is 0. The molecular weight excluding hydrogens is 364 g/mol. The van der Waals surface area contributed by atoms with E-state index in [2.05, 4.69) is 5.32 Å². The fourth-order valence-electron chi connectivity index (χ4n) is 2.43. The summed E-state index contributed by atoms with van der Waals surface area (Å²) in [4.78, 5) is 12.3. The van der Waals surface area contributed by atoms with Crippen molar-refractivity contribution in [3.8, 4) is 5.75 Å². The van der Waals surface area contributed by atoms with Crippen LogP contribution in [0.4, 0.5) is 5.69 Å². The molecule has 27 heavy (non-hydrogen) atoms. The fourth-order valence-corrected chi connectivity index (χ4v) is 3.80. The van der Waals surface area contributed by atoms with E-state index in [4.69, 9.17) is 4.74 Å². The number of ether oxygens (including phenoxy) is 1. The minimum absolute atomic E-state index is 0.124. The molecule has 0 unspecified atom stereocenters. The Morgan fingerprint density at radius 2 is 1.67 bits per heavy atom. The number of methoxy groups -OCH3 is 1. The second-order valence-corrected chi connectivity index (χ2v) is 8.53. The second-order valence-electron chi connectivity index (χ2n) is 6.54. The van der Waals surface area contributed by atoms with Crippen molar-refractivity contribution >= 4 is 21.6 Å². The van der Waals surface area contributed by atoms with Gasteiger partial charge < -0.3 is 10.1 Å². The molecule has 0 aliphatic carbocycles. The van der Waals surface area contributed by atoms with E-state index in [1.807, 2.05) is 38.1 Å². The smallest absolute Gasteiger partial charge is 0.243 e. The molecule has 2 aromatic rings. The molecule has 6 nitrogen and oxygen atoms in total. The normalized spacial score (nSPS) is 11.6. The Bertz CT molecular complexity index is 860. The van der Waals surface area contributed by atoms with Crippen molar-refractivity contribution in [3.63, 3.8) is 0 Å². The molecule has 0 aromatic heterocycles. The third-order valence-electron chi connectivity index (χ3n) is 4.34. The summed E-state index contributed by atoms with van der Waals surface area (Å²) in [7, 11) is -0.364. The summed E-state index contributed by atoms with van der Waals surface area (Å²) in [5.74, 6) is 0.655. The third-order valence-corrected chi connectivity index (χ3v) is 6.39. The molecule has 2 aromatic carbocycles. The van der Waals surface area contributed by atoms with Crippen molar-refractivity contribution in [2.24, 2.45) is 0 Å². The van der Waals surface area contributed by atoms with Gasteiger partial charge in [0.1, 0.15) is 5.75 Å². The Morgan fingerprint density at radius 3 is 2.19 bits per heavy atom. The van der Waals surface area contributed by atoms with Crippen LogP contribution >= 0.6 is 0 Å². The molecule has 1 amide bonds. The van der Waals surface area contributed by atoms with Gasteiger partial charge in [0.25, 0.3) is 0 Å². The largest absolute Gasteiger partial charge is 0.497 e. The number of aryl methyl sites for hydroxylation is 1. The second kappa shape index (κ2) is 9.01. The van der Waals surface area contributed by atoms with Crippen LogP contribution in [0.3, 0.4) is 0 Å². The first-order valence-corrected chi connectivity index (χ1v) is 10.2. The molecule has 2 rings (SSSR count). The van der Waals surface area contributed by atoms with Gasteiger partial charge in [-0.1, -0.05) is 12.1 Å². The van der Waals surface area contributed by atoms with Crippen molar-refractivity contribution in [1.29, 1.82) is 0 Å². The lowest BCUT2D eigenvalue weighted by molar-refractivity contribution is -0.116. The van der Waals surface area contributed by atoms with Crippen LogP contribution in [-0.4, -0.2) is 38.8 Å². The molecule has 0 aliphatic rings. The molecule has 0 saturated carbocycles. The first kappa shape index (κ1) is 20.9. The van der Waals surface area contributed by atoms with E-state index in [0.717, 1.165) is 11.3 Å². The van der Waals surface area contributed by atoms with Crippen molar-refractivity contribution in [2.45, 2.75) is 37.6 Å². The molecule has 0 spiro atoms. The van der Waals surface area contributed by atoms with Crippen LogP contribution in [0.1, 0.15) is 25.8 Å². The fraction of sp³-hybridized carbons (Fsp3) is 0.350. The lowest BCUT2D eigenvalue weighted by atomic mass is 10.1. The molecule has 0 fully saturated rings. The summed E-state index contributed by atoms with van der Waals surface area (Å²) < 4.78 is 31.3. The molecule has 146 valence electrons. The number of carbonyl (C=O) groups excluding carboxylic acids is 1. The van der Waals surface area contributed by atoms with E-state index in [-0.39, 0.29) is 16.8 Å². The van der Waals surface area contributed by atoms with Crippen molar-refractivity contribution in [3.05, 3.63) is 54.1 Å². The van der Waals surface area contributed by atoms with E-state index in [1.54, 1.807) is 26.3 Å². The highest BCUT2D eigenvalue weighted by Crippen LogP contribution is 2.19. The standard InChI is InChI=1S/C20H26N2O4S/c1-15(2)22(3)27(24,25)19-12-8-17(9-13-19)21-20(23)14-7-16-5-10-18(26-4)11-6-16/h5-6,8-13,15H,7,14H2,1-4H3,(H,21,23). The average Bonchev–Trinajstić information content (AvgIpc) is 2.66. The van der Waals surface area contributed by atoms with E-state index in [1.165, 1.54) is 16.4 Å². The zero-order valence-corrected chi connectivity index (χ0v) is 16.9. The number of hydrogen-bond donors (Lipinski definition) is 1. The summed E-state index contributed by atoms with van der Waals surface area (Å²) in [6, 6.07) is 13.7. The van der Waals surface area contributed by atoms with Crippen LogP contribution in [0, 0.1) is 0 Å². The number of nitrogens with zero attached hydrogens (tertiary/aromatic N) is 1. The molecular formula is C20H26N2O4S. The maximum absolute atomic E-state index is 12.4. The number of sulfonamides is 1. The first-order valence-electron chi connectivity index (χ1n) is 8.75. The number of hydrogen-bond acceptors (Lipinski definition) is 4. The molecule has 1 N–H and O–H groups in total. The van der Waals surface area contributed by atoms with Gasteiger partial charge in [-0.05, 0) is 62.2 Å². The number of carbonyl (C=O) groups is 1. The number of benzene rings is 2. The monoisotopic (exact) mass is 390 g/mol. The van der Waals surface area contributed by atoms with Crippen LogP contribution in [-0.2, 0) is 21.2 Å². The summed E-state index contributed by atoms with van der Waals surface area (Å²) in [6.07, 6.45) is 0.948. The topological polar surface area (TPSA) is 75.7 Å². The Morgan fingerprint density at radius 1 is 1.07 bits per heavy atom. The Labute approximate surface area is 161 Å². The number of anilines is 1. The molecule has 0 aliphatic heterocycles. The number of nitrogens with one attached hydrogen (secondary N) is 1. The van der Waals surface area contributed by atoms with Gasteiger partial charge in [0.2, 0.25) is 15.9 Å². The Hall–Kier alpha value is -2.38. The van der Waals surface area contributed by atoms with E-state index in [0.29, 0.717) is 18.5 Å².